The van der Waals surface area contributed by atoms with E-state index in [0.29, 0.717) is 23.4 Å². The first-order valence-corrected chi connectivity index (χ1v) is 9.01. The van der Waals surface area contributed by atoms with Gasteiger partial charge in [0.1, 0.15) is 5.69 Å². The van der Waals surface area contributed by atoms with Gasteiger partial charge in [0.2, 0.25) is 5.91 Å². The summed E-state index contributed by atoms with van der Waals surface area (Å²) in [6, 6.07) is 3.87. The van der Waals surface area contributed by atoms with Crippen molar-refractivity contribution >= 4 is 11.8 Å². The summed E-state index contributed by atoms with van der Waals surface area (Å²) in [6.45, 7) is 1.52. The number of hydrogen-bond acceptors (Lipinski definition) is 2. The smallest absolute Gasteiger partial charge is 0.268 e. The molecular weight excluding hydrogens is 302 g/mol. The van der Waals surface area contributed by atoms with Gasteiger partial charge in [0.15, 0.2) is 0 Å². The fourth-order valence-corrected chi connectivity index (χ4v) is 4.50. The maximum Gasteiger partial charge on any atom is 0.268 e. The topological polar surface area (TPSA) is 54.3 Å². The van der Waals surface area contributed by atoms with Crippen molar-refractivity contribution in [2.75, 3.05) is 13.1 Å². The van der Waals surface area contributed by atoms with E-state index in [1.165, 1.54) is 6.42 Å². The van der Waals surface area contributed by atoms with Gasteiger partial charge in [-0.3, -0.25) is 9.59 Å². The van der Waals surface area contributed by atoms with Crippen LogP contribution in [0.15, 0.2) is 30.5 Å². The molecule has 1 aliphatic heterocycles. The summed E-state index contributed by atoms with van der Waals surface area (Å²) < 4.78 is 1.83. The van der Waals surface area contributed by atoms with E-state index in [2.05, 4.69) is 17.5 Å². The van der Waals surface area contributed by atoms with Gasteiger partial charge in [0.05, 0.1) is 0 Å². The Labute approximate surface area is 142 Å². The summed E-state index contributed by atoms with van der Waals surface area (Å²) in [5, 5.41) is 3.11. The standard InChI is InChI=1S/C19H25N3O2/c1-21-8-2-3-17(21)18(23)20-15-6-9-22(10-7-15)19(24)16-12-13-4-5-14(16)11-13/h2-5,8,13-16H,6-7,9-12H2,1H3,(H,20,23)/t13-,14+,16-/m0/s1. The van der Waals surface area contributed by atoms with E-state index in [-0.39, 0.29) is 17.9 Å². The van der Waals surface area contributed by atoms with Crippen LogP contribution in [0, 0.1) is 17.8 Å². The highest BCUT2D eigenvalue weighted by Gasteiger charge is 2.42. The van der Waals surface area contributed by atoms with Gasteiger partial charge in [-0.05, 0) is 49.7 Å². The third-order valence-corrected chi connectivity index (χ3v) is 5.91. The molecule has 5 nitrogen and oxygen atoms in total. The van der Waals surface area contributed by atoms with Crippen LogP contribution in [0.4, 0.5) is 0 Å². The zero-order valence-electron chi connectivity index (χ0n) is 14.1. The minimum absolute atomic E-state index is 0.0227. The lowest BCUT2D eigenvalue weighted by molar-refractivity contribution is -0.137. The molecule has 3 atom stereocenters. The maximum absolute atomic E-state index is 12.8. The van der Waals surface area contributed by atoms with E-state index in [4.69, 9.17) is 0 Å². The van der Waals surface area contributed by atoms with Gasteiger partial charge in [-0.15, -0.1) is 0 Å². The average Bonchev–Trinajstić information content (AvgIpc) is 3.31. The molecule has 1 saturated heterocycles. The summed E-state index contributed by atoms with van der Waals surface area (Å²) in [6.07, 6.45) is 10.3. The molecule has 2 bridgehead atoms. The number of piperidine rings is 1. The number of nitrogens with one attached hydrogen (secondary N) is 1. The first kappa shape index (κ1) is 15.5. The number of hydrogen-bond donors (Lipinski definition) is 1. The molecule has 0 radical (unpaired) electrons. The van der Waals surface area contributed by atoms with Crippen LogP contribution < -0.4 is 5.32 Å². The van der Waals surface area contributed by atoms with Crippen LogP contribution in [0.3, 0.4) is 0 Å². The molecule has 128 valence electrons. The van der Waals surface area contributed by atoms with Crippen LogP contribution in [0.2, 0.25) is 0 Å². The van der Waals surface area contributed by atoms with Crippen molar-refractivity contribution in [2.45, 2.75) is 31.7 Å². The van der Waals surface area contributed by atoms with E-state index in [9.17, 15) is 9.59 Å². The van der Waals surface area contributed by atoms with E-state index >= 15 is 0 Å². The van der Waals surface area contributed by atoms with Crippen LogP contribution >= 0.6 is 0 Å². The van der Waals surface area contributed by atoms with E-state index in [0.717, 1.165) is 32.4 Å². The van der Waals surface area contributed by atoms with Crippen LogP contribution in [-0.4, -0.2) is 40.4 Å². The highest BCUT2D eigenvalue weighted by atomic mass is 16.2. The van der Waals surface area contributed by atoms with Crippen molar-refractivity contribution in [2.24, 2.45) is 24.8 Å². The fraction of sp³-hybridized carbons (Fsp3) is 0.579. The zero-order valence-corrected chi connectivity index (χ0v) is 14.1. The van der Waals surface area contributed by atoms with Crippen molar-refractivity contribution < 1.29 is 9.59 Å². The Morgan fingerprint density at radius 1 is 1.17 bits per heavy atom. The first-order valence-electron chi connectivity index (χ1n) is 9.01. The predicted octanol–water partition coefficient (Wildman–Crippen LogP) is 1.96. The van der Waals surface area contributed by atoms with Crippen LogP contribution in [-0.2, 0) is 11.8 Å². The second-order valence-corrected chi connectivity index (χ2v) is 7.46. The molecule has 1 aromatic heterocycles. The Bertz CT molecular complexity index is 670. The summed E-state index contributed by atoms with van der Waals surface area (Å²) in [5.74, 6) is 1.61. The number of amides is 2. The second-order valence-electron chi connectivity index (χ2n) is 7.46. The summed E-state index contributed by atoms with van der Waals surface area (Å²) >= 11 is 0. The molecule has 3 aliphatic rings. The number of rotatable bonds is 3. The Morgan fingerprint density at radius 2 is 1.96 bits per heavy atom. The molecule has 0 unspecified atom stereocenters. The number of aromatic nitrogens is 1. The van der Waals surface area contributed by atoms with Gasteiger partial charge in [-0.2, -0.15) is 0 Å². The number of fused-ring (bicyclic) bond motifs is 2. The second kappa shape index (κ2) is 6.11. The molecule has 2 heterocycles. The van der Waals surface area contributed by atoms with Crippen molar-refractivity contribution in [3.63, 3.8) is 0 Å². The van der Waals surface area contributed by atoms with Gasteiger partial charge < -0.3 is 14.8 Å². The molecule has 1 aromatic rings. The minimum Gasteiger partial charge on any atom is -0.348 e. The zero-order chi connectivity index (χ0) is 16.7. The number of carbonyl (C=O) groups excluding carboxylic acids is 2. The van der Waals surface area contributed by atoms with Gasteiger partial charge in [0, 0.05) is 38.3 Å². The van der Waals surface area contributed by atoms with Crippen molar-refractivity contribution in [3.8, 4) is 0 Å². The summed E-state index contributed by atoms with van der Waals surface area (Å²) in [5.41, 5.74) is 0.683. The van der Waals surface area contributed by atoms with Crippen molar-refractivity contribution in [1.29, 1.82) is 0 Å². The largest absolute Gasteiger partial charge is 0.348 e. The number of likely N-dealkylation sites (tertiary alicyclic amines) is 1. The van der Waals surface area contributed by atoms with Gasteiger partial charge in [-0.25, -0.2) is 0 Å². The minimum atomic E-state index is -0.0227. The molecular formula is C19H25N3O2. The van der Waals surface area contributed by atoms with Crippen LogP contribution in [0.1, 0.15) is 36.2 Å². The lowest BCUT2D eigenvalue weighted by Gasteiger charge is -2.35. The quantitative estimate of drug-likeness (QED) is 0.863. The van der Waals surface area contributed by atoms with Gasteiger partial charge in [-0.1, -0.05) is 12.2 Å². The Balaban J connectivity index is 1.29. The number of allylic oxidation sites excluding steroid dienone is 2. The molecule has 4 rings (SSSR count). The highest BCUT2D eigenvalue weighted by Crippen LogP contribution is 2.44. The number of nitrogens with zero attached hydrogens (tertiary/aromatic N) is 2. The lowest BCUT2D eigenvalue weighted by Crippen LogP contribution is -2.48. The summed E-state index contributed by atoms with van der Waals surface area (Å²) in [4.78, 5) is 27.1. The first-order chi connectivity index (χ1) is 11.6. The molecule has 5 heteroatoms. The molecule has 2 amide bonds. The predicted molar refractivity (Wildman–Crippen MR) is 91.3 cm³/mol. The Kier molecular flexibility index (Phi) is 3.94. The third kappa shape index (κ3) is 2.76. The highest BCUT2D eigenvalue weighted by molar-refractivity contribution is 5.92. The molecule has 1 saturated carbocycles. The normalized spacial score (nSPS) is 29.2. The molecule has 2 aliphatic carbocycles. The molecule has 1 N–H and O–H groups in total. The SMILES string of the molecule is Cn1cccc1C(=O)NC1CCN(C(=O)[C@H]2C[C@H]3C=C[C@@H]2C3)CC1. The van der Waals surface area contributed by atoms with Crippen LogP contribution in [0.25, 0.3) is 0 Å². The van der Waals surface area contributed by atoms with Crippen molar-refractivity contribution in [1.82, 2.24) is 14.8 Å². The summed E-state index contributed by atoms with van der Waals surface area (Å²) in [7, 11) is 1.87. The maximum atomic E-state index is 12.8. The molecule has 24 heavy (non-hydrogen) atoms. The lowest BCUT2D eigenvalue weighted by atomic mass is 9.91. The van der Waals surface area contributed by atoms with Crippen molar-refractivity contribution in [3.05, 3.63) is 36.2 Å². The van der Waals surface area contributed by atoms with E-state index < -0.39 is 0 Å². The third-order valence-electron chi connectivity index (χ3n) is 5.91. The van der Waals surface area contributed by atoms with E-state index in [1.807, 2.05) is 34.8 Å². The van der Waals surface area contributed by atoms with Gasteiger partial charge >= 0.3 is 0 Å². The molecule has 0 aromatic carbocycles. The Hall–Kier alpha value is -2.04. The fourth-order valence-electron chi connectivity index (χ4n) is 4.50. The molecule has 2 fully saturated rings. The molecule has 0 spiro atoms. The number of carbonyl (C=O) groups is 2. The van der Waals surface area contributed by atoms with Gasteiger partial charge in [0.25, 0.3) is 5.91 Å². The van der Waals surface area contributed by atoms with E-state index in [1.54, 1.807) is 0 Å². The van der Waals surface area contributed by atoms with Crippen LogP contribution in [0.5, 0.6) is 0 Å². The average molecular weight is 327 g/mol. The monoisotopic (exact) mass is 327 g/mol. The number of aryl methyl sites for hydroxylation is 1. The Morgan fingerprint density at radius 3 is 2.54 bits per heavy atom.